The summed E-state index contributed by atoms with van der Waals surface area (Å²) in [5, 5.41) is 13.3. The fourth-order valence-corrected chi connectivity index (χ4v) is 2.13. The molecule has 0 fully saturated rings. The molecule has 0 saturated carbocycles. The third kappa shape index (κ3) is 3.24. The Kier molecular flexibility index (Phi) is 4.39. The lowest BCUT2D eigenvalue weighted by Gasteiger charge is -2.12. The highest BCUT2D eigenvalue weighted by Crippen LogP contribution is 2.24. The van der Waals surface area contributed by atoms with Gasteiger partial charge in [0.25, 0.3) is 0 Å². The van der Waals surface area contributed by atoms with Gasteiger partial charge < -0.3 is 10.4 Å². The van der Waals surface area contributed by atoms with E-state index in [9.17, 15) is 5.11 Å². The summed E-state index contributed by atoms with van der Waals surface area (Å²) in [4.78, 5) is 8.56. The second kappa shape index (κ2) is 6.04. The summed E-state index contributed by atoms with van der Waals surface area (Å²) in [6.45, 7) is 4.03. The summed E-state index contributed by atoms with van der Waals surface area (Å²) in [5.41, 5.74) is 4.05. The minimum absolute atomic E-state index is 0.0814. The average molecular weight is 275 g/mol. The topological polar surface area (TPSA) is 58.0 Å². The van der Waals surface area contributed by atoms with Crippen molar-refractivity contribution in [3.8, 4) is 0 Å². The van der Waals surface area contributed by atoms with E-state index in [1.54, 1.807) is 6.20 Å². The van der Waals surface area contributed by atoms with Gasteiger partial charge in [0.1, 0.15) is 5.82 Å². The van der Waals surface area contributed by atoms with Gasteiger partial charge in [-0.15, -0.1) is 0 Å². The highest BCUT2D eigenvalue weighted by atomic mass is 32.2. The van der Waals surface area contributed by atoms with Crippen LogP contribution in [0.4, 0.5) is 11.5 Å². The third-order valence-corrected chi connectivity index (χ3v) is 3.39. The van der Waals surface area contributed by atoms with Crippen LogP contribution in [-0.4, -0.2) is 21.3 Å². The molecule has 1 aromatic carbocycles. The Morgan fingerprint density at radius 2 is 2.11 bits per heavy atom. The Balaban J connectivity index is 2.36. The highest BCUT2D eigenvalue weighted by molar-refractivity contribution is 7.98. The lowest BCUT2D eigenvalue weighted by atomic mass is 10.1. The van der Waals surface area contributed by atoms with Crippen LogP contribution in [0.15, 0.2) is 29.6 Å². The molecule has 1 aromatic heterocycles. The molecule has 0 aliphatic carbocycles. The number of thioether (sulfide) groups is 1. The minimum Gasteiger partial charge on any atom is -0.391 e. The molecule has 0 unspecified atom stereocenters. The maximum Gasteiger partial charge on any atom is 0.189 e. The van der Waals surface area contributed by atoms with Crippen molar-refractivity contribution in [3.63, 3.8) is 0 Å². The molecule has 2 N–H and O–H groups in total. The maximum atomic E-state index is 9.35. The predicted octanol–water partition coefficient (Wildman–Crippen LogP) is 3.05. The predicted molar refractivity (Wildman–Crippen MR) is 78.9 cm³/mol. The van der Waals surface area contributed by atoms with Crippen molar-refractivity contribution >= 4 is 23.3 Å². The summed E-state index contributed by atoms with van der Waals surface area (Å²) in [6.07, 6.45) is 3.58. The van der Waals surface area contributed by atoms with Crippen molar-refractivity contribution in [3.05, 3.63) is 41.1 Å². The van der Waals surface area contributed by atoms with Crippen LogP contribution in [0.1, 0.15) is 16.7 Å². The molecule has 0 amide bonds. The van der Waals surface area contributed by atoms with E-state index >= 15 is 0 Å². The van der Waals surface area contributed by atoms with Crippen molar-refractivity contribution in [1.82, 2.24) is 9.97 Å². The van der Waals surface area contributed by atoms with E-state index in [4.69, 9.17) is 0 Å². The molecule has 100 valence electrons. The first-order chi connectivity index (χ1) is 9.13. The normalized spacial score (nSPS) is 10.5. The number of aliphatic hydroxyl groups excluding tert-OH is 1. The van der Waals surface area contributed by atoms with Gasteiger partial charge in [-0.25, -0.2) is 9.97 Å². The number of anilines is 2. The Bertz CT molecular complexity index is 587. The third-order valence-electron chi connectivity index (χ3n) is 2.83. The molecule has 0 bridgehead atoms. The molecular formula is C14H17N3OS. The Hall–Kier alpha value is -1.59. The standard InChI is InChI=1S/C14H17N3OS/c1-9-4-5-12(10(2)6-9)16-13-11(8-18)7-15-14(17-13)19-3/h4-7,18H,8H2,1-3H3,(H,15,16,17). The van der Waals surface area contributed by atoms with E-state index in [0.717, 1.165) is 11.3 Å². The van der Waals surface area contributed by atoms with Crippen LogP contribution in [0.5, 0.6) is 0 Å². The fraction of sp³-hybridized carbons (Fsp3) is 0.286. The molecule has 0 atom stereocenters. The maximum absolute atomic E-state index is 9.35. The van der Waals surface area contributed by atoms with E-state index in [0.29, 0.717) is 16.5 Å². The second-order valence-corrected chi connectivity index (χ2v) is 5.11. The van der Waals surface area contributed by atoms with Crippen LogP contribution < -0.4 is 5.32 Å². The molecule has 2 aromatic rings. The molecule has 5 heteroatoms. The smallest absolute Gasteiger partial charge is 0.189 e. The molecule has 0 saturated heterocycles. The van der Waals surface area contributed by atoms with E-state index in [1.807, 2.05) is 25.3 Å². The van der Waals surface area contributed by atoms with Crippen LogP contribution in [0.3, 0.4) is 0 Å². The Labute approximate surface area is 117 Å². The molecule has 0 spiro atoms. The van der Waals surface area contributed by atoms with Gasteiger partial charge in [0.2, 0.25) is 0 Å². The Morgan fingerprint density at radius 1 is 1.32 bits per heavy atom. The van der Waals surface area contributed by atoms with Gasteiger partial charge in [0.05, 0.1) is 6.61 Å². The van der Waals surface area contributed by atoms with Gasteiger partial charge in [0, 0.05) is 17.4 Å². The summed E-state index contributed by atoms with van der Waals surface area (Å²) < 4.78 is 0. The number of nitrogens with one attached hydrogen (secondary N) is 1. The molecule has 2 rings (SSSR count). The van der Waals surface area contributed by atoms with Gasteiger partial charge in [-0.2, -0.15) is 0 Å². The number of hydrogen-bond donors (Lipinski definition) is 2. The summed E-state index contributed by atoms with van der Waals surface area (Å²) in [5.74, 6) is 0.661. The SMILES string of the molecule is CSc1ncc(CO)c(Nc2ccc(C)cc2C)n1. The van der Waals surface area contributed by atoms with E-state index < -0.39 is 0 Å². The van der Waals surface area contributed by atoms with Crippen molar-refractivity contribution < 1.29 is 5.11 Å². The first-order valence-electron chi connectivity index (χ1n) is 5.99. The number of aryl methyl sites for hydroxylation is 2. The number of hydrogen-bond acceptors (Lipinski definition) is 5. The minimum atomic E-state index is -0.0814. The second-order valence-electron chi connectivity index (χ2n) is 4.33. The van der Waals surface area contributed by atoms with Crippen molar-refractivity contribution in [1.29, 1.82) is 0 Å². The van der Waals surface area contributed by atoms with E-state index in [2.05, 4.69) is 28.3 Å². The van der Waals surface area contributed by atoms with Gasteiger partial charge in [0.15, 0.2) is 5.16 Å². The monoisotopic (exact) mass is 275 g/mol. The lowest BCUT2D eigenvalue weighted by molar-refractivity contribution is 0.281. The van der Waals surface area contributed by atoms with Crippen LogP contribution in [-0.2, 0) is 6.61 Å². The largest absolute Gasteiger partial charge is 0.391 e. The summed E-state index contributed by atoms with van der Waals surface area (Å²) in [7, 11) is 0. The first-order valence-corrected chi connectivity index (χ1v) is 7.21. The van der Waals surface area contributed by atoms with E-state index in [-0.39, 0.29) is 6.61 Å². The van der Waals surface area contributed by atoms with E-state index in [1.165, 1.54) is 17.3 Å². The lowest BCUT2D eigenvalue weighted by Crippen LogP contribution is -2.03. The molecule has 0 aliphatic rings. The number of benzene rings is 1. The zero-order chi connectivity index (χ0) is 13.8. The van der Waals surface area contributed by atoms with Crippen molar-refractivity contribution in [2.45, 2.75) is 25.6 Å². The average Bonchev–Trinajstić information content (AvgIpc) is 2.41. The number of rotatable bonds is 4. The molecular weight excluding hydrogens is 258 g/mol. The van der Waals surface area contributed by atoms with Gasteiger partial charge in [-0.1, -0.05) is 29.5 Å². The molecule has 19 heavy (non-hydrogen) atoms. The van der Waals surface area contributed by atoms with Crippen LogP contribution in [0.25, 0.3) is 0 Å². The van der Waals surface area contributed by atoms with Crippen LogP contribution in [0, 0.1) is 13.8 Å². The summed E-state index contributed by atoms with van der Waals surface area (Å²) >= 11 is 1.48. The zero-order valence-electron chi connectivity index (χ0n) is 11.3. The van der Waals surface area contributed by atoms with Crippen molar-refractivity contribution in [2.24, 2.45) is 0 Å². The quantitative estimate of drug-likeness (QED) is 0.663. The fourth-order valence-electron chi connectivity index (χ4n) is 1.79. The van der Waals surface area contributed by atoms with Crippen molar-refractivity contribution in [2.75, 3.05) is 11.6 Å². The first kappa shape index (κ1) is 13.8. The molecule has 1 heterocycles. The number of aromatic nitrogens is 2. The van der Waals surface area contributed by atoms with Gasteiger partial charge >= 0.3 is 0 Å². The molecule has 4 nitrogen and oxygen atoms in total. The Morgan fingerprint density at radius 3 is 2.74 bits per heavy atom. The van der Waals surface area contributed by atoms with Gasteiger partial charge in [-0.3, -0.25) is 0 Å². The summed E-state index contributed by atoms with van der Waals surface area (Å²) in [6, 6.07) is 6.18. The highest BCUT2D eigenvalue weighted by Gasteiger charge is 2.08. The van der Waals surface area contributed by atoms with Gasteiger partial charge in [-0.05, 0) is 31.7 Å². The van der Waals surface area contributed by atoms with Crippen LogP contribution in [0.2, 0.25) is 0 Å². The zero-order valence-corrected chi connectivity index (χ0v) is 12.1. The molecule has 0 aliphatic heterocycles. The molecule has 0 radical (unpaired) electrons. The van der Waals surface area contributed by atoms with Crippen LogP contribution >= 0.6 is 11.8 Å². The number of nitrogens with zero attached hydrogens (tertiary/aromatic N) is 2. The number of aliphatic hydroxyl groups is 1.